The molecule has 3 rings (SSSR count). The van der Waals surface area contributed by atoms with Crippen molar-refractivity contribution in [2.75, 3.05) is 10.6 Å². The fourth-order valence-corrected chi connectivity index (χ4v) is 2.60. The maximum Gasteiger partial charge on any atom is 0.151 e. The van der Waals surface area contributed by atoms with Crippen LogP contribution in [-0.2, 0) is 13.1 Å². The number of nitrogen functional groups attached to an aromatic ring is 1. The SMILES string of the molecule is Nc1c(F)cc(N(Cc2ccccc2)Cc2ccccc2)cc1F. The first-order valence-electron chi connectivity index (χ1n) is 7.71. The fourth-order valence-electron chi connectivity index (χ4n) is 2.60. The van der Waals surface area contributed by atoms with Crippen LogP contribution in [-0.4, -0.2) is 0 Å². The van der Waals surface area contributed by atoms with Gasteiger partial charge in [-0.15, -0.1) is 0 Å². The predicted octanol–water partition coefficient (Wildman–Crippen LogP) is 4.75. The molecule has 0 fully saturated rings. The molecule has 4 heteroatoms. The molecule has 0 heterocycles. The van der Waals surface area contributed by atoms with E-state index < -0.39 is 17.3 Å². The fraction of sp³-hybridized carbons (Fsp3) is 0.100. The van der Waals surface area contributed by atoms with Crippen LogP contribution in [0.1, 0.15) is 11.1 Å². The summed E-state index contributed by atoms with van der Waals surface area (Å²) in [7, 11) is 0. The number of nitrogens with zero attached hydrogens (tertiary/aromatic N) is 1. The zero-order chi connectivity index (χ0) is 16.9. The van der Waals surface area contributed by atoms with Crippen LogP contribution in [0.25, 0.3) is 0 Å². The van der Waals surface area contributed by atoms with Crippen LogP contribution >= 0.6 is 0 Å². The molecule has 0 amide bonds. The van der Waals surface area contributed by atoms with Gasteiger partial charge in [0.25, 0.3) is 0 Å². The van der Waals surface area contributed by atoms with Crippen LogP contribution in [0.5, 0.6) is 0 Å². The third kappa shape index (κ3) is 3.71. The van der Waals surface area contributed by atoms with Crippen molar-refractivity contribution in [1.29, 1.82) is 0 Å². The monoisotopic (exact) mass is 324 g/mol. The second kappa shape index (κ2) is 7.13. The molecule has 0 saturated heterocycles. The highest BCUT2D eigenvalue weighted by atomic mass is 19.1. The van der Waals surface area contributed by atoms with Crippen LogP contribution in [0.4, 0.5) is 20.2 Å². The van der Waals surface area contributed by atoms with Gasteiger partial charge < -0.3 is 10.6 Å². The van der Waals surface area contributed by atoms with Gasteiger partial charge >= 0.3 is 0 Å². The molecule has 0 aliphatic heterocycles. The van der Waals surface area contributed by atoms with E-state index in [4.69, 9.17) is 5.73 Å². The summed E-state index contributed by atoms with van der Waals surface area (Å²) in [5, 5.41) is 0. The molecule has 0 spiro atoms. The third-order valence-corrected chi connectivity index (χ3v) is 3.86. The molecule has 0 aliphatic carbocycles. The van der Waals surface area contributed by atoms with Crippen molar-refractivity contribution in [1.82, 2.24) is 0 Å². The van der Waals surface area contributed by atoms with Gasteiger partial charge in [0.2, 0.25) is 0 Å². The van der Waals surface area contributed by atoms with Crippen molar-refractivity contribution >= 4 is 11.4 Å². The van der Waals surface area contributed by atoms with Gasteiger partial charge in [0.05, 0.1) is 0 Å². The molecule has 3 aromatic carbocycles. The summed E-state index contributed by atoms with van der Waals surface area (Å²) in [5.74, 6) is -1.48. The lowest BCUT2D eigenvalue weighted by atomic mass is 10.1. The van der Waals surface area contributed by atoms with Crippen LogP contribution in [0.2, 0.25) is 0 Å². The van der Waals surface area contributed by atoms with Crippen molar-refractivity contribution in [3.63, 3.8) is 0 Å². The first kappa shape index (κ1) is 16.0. The molecule has 0 aliphatic rings. The summed E-state index contributed by atoms with van der Waals surface area (Å²) in [6.45, 7) is 1.08. The molecule has 0 radical (unpaired) electrons. The molecule has 0 atom stereocenters. The second-order valence-corrected chi connectivity index (χ2v) is 5.65. The number of hydrogen-bond donors (Lipinski definition) is 1. The summed E-state index contributed by atoms with van der Waals surface area (Å²) in [5.41, 5.74) is 7.53. The van der Waals surface area contributed by atoms with E-state index in [9.17, 15) is 8.78 Å². The lowest BCUT2D eigenvalue weighted by Crippen LogP contribution is -2.22. The zero-order valence-corrected chi connectivity index (χ0v) is 13.1. The molecule has 0 unspecified atom stereocenters. The van der Waals surface area contributed by atoms with Crippen molar-refractivity contribution < 1.29 is 8.78 Å². The minimum absolute atomic E-state index is 0.446. The minimum atomic E-state index is -0.740. The number of hydrogen-bond acceptors (Lipinski definition) is 2. The smallest absolute Gasteiger partial charge is 0.151 e. The van der Waals surface area contributed by atoms with Crippen LogP contribution in [0, 0.1) is 11.6 Å². The molecule has 0 saturated carbocycles. The quantitative estimate of drug-likeness (QED) is 0.686. The van der Waals surface area contributed by atoms with Gasteiger partial charge in [-0.05, 0) is 23.3 Å². The van der Waals surface area contributed by atoms with Gasteiger partial charge in [-0.2, -0.15) is 0 Å². The molecule has 2 nitrogen and oxygen atoms in total. The van der Waals surface area contributed by atoms with E-state index in [0.29, 0.717) is 18.8 Å². The Labute approximate surface area is 140 Å². The van der Waals surface area contributed by atoms with Gasteiger partial charge in [-0.25, -0.2) is 8.78 Å². The second-order valence-electron chi connectivity index (χ2n) is 5.65. The average molecular weight is 324 g/mol. The van der Waals surface area contributed by atoms with Crippen molar-refractivity contribution in [2.45, 2.75) is 13.1 Å². The summed E-state index contributed by atoms with van der Waals surface area (Å²) in [4.78, 5) is 1.93. The number of nitrogens with two attached hydrogens (primary N) is 1. The lowest BCUT2D eigenvalue weighted by molar-refractivity contribution is 0.589. The lowest BCUT2D eigenvalue weighted by Gasteiger charge is -2.25. The van der Waals surface area contributed by atoms with E-state index in [1.807, 2.05) is 65.6 Å². The Morgan fingerprint density at radius 1 is 0.708 bits per heavy atom. The largest absolute Gasteiger partial charge is 0.394 e. The Bertz CT molecular complexity index is 740. The summed E-state index contributed by atoms with van der Waals surface area (Å²) in [6, 6.07) is 22.2. The van der Waals surface area contributed by atoms with Crippen LogP contribution in [0.15, 0.2) is 72.8 Å². The minimum Gasteiger partial charge on any atom is -0.394 e. The number of anilines is 2. The maximum atomic E-state index is 13.9. The van der Waals surface area contributed by atoms with Crippen LogP contribution < -0.4 is 10.6 Å². The molecular weight excluding hydrogens is 306 g/mol. The van der Waals surface area contributed by atoms with Gasteiger partial charge in [-0.1, -0.05) is 60.7 Å². The highest BCUT2D eigenvalue weighted by Crippen LogP contribution is 2.26. The normalized spacial score (nSPS) is 10.6. The maximum absolute atomic E-state index is 13.9. The molecular formula is C20H18F2N2. The van der Waals surface area contributed by atoms with E-state index in [-0.39, 0.29) is 0 Å². The molecule has 122 valence electrons. The Morgan fingerprint density at radius 3 is 1.54 bits per heavy atom. The summed E-state index contributed by atoms with van der Waals surface area (Å²) in [6.07, 6.45) is 0. The van der Waals surface area contributed by atoms with Crippen molar-refractivity contribution in [3.05, 3.63) is 95.6 Å². The number of benzene rings is 3. The average Bonchev–Trinajstić information content (AvgIpc) is 2.60. The van der Waals surface area contributed by atoms with Gasteiger partial charge in [0.15, 0.2) is 11.6 Å². The first-order chi connectivity index (χ1) is 11.6. The van der Waals surface area contributed by atoms with E-state index in [1.165, 1.54) is 12.1 Å². The zero-order valence-electron chi connectivity index (χ0n) is 13.1. The highest BCUT2D eigenvalue weighted by molar-refractivity contribution is 5.55. The van der Waals surface area contributed by atoms with E-state index in [1.54, 1.807) is 0 Å². The standard InChI is InChI=1S/C20H18F2N2/c21-18-11-17(12-19(22)20(18)23)24(13-15-7-3-1-4-8-15)14-16-9-5-2-6-10-16/h1-12H,13-14,23H2. The van der Waals surface area contributed by atoms with Gasteiger partial charge in [-0.3, -0.25) is 0 Å². The molecule has 2 N–H and O–H groups in total. The Kier molecular flexibility index (Phi) is 4.75. The third-order valence-electron chi connectivity index (χ3n) is 3.86. The highest BCUT2D eigenvalue weighted by Gasteiger charge is 2.14. The Morgan fingerprint density at radius 2 is 1.12 bits per heavy atom. The summed E-state index contributed by atoms with van der Waals surface area (Å²) >= 11 is 0. The van der Waals surface area contributed by atoms with Gasteiger partial charge in [0.1, 0.15) is 5.69 Å². The Hall–Kier alpha value is -2.88. The molecule has 0 aromatic heterocycles. The first-order valence-corrected chi connectivity index (χ1v) is 7.71. The Balaban J connectivity index is 1.95. The van der Waals surface area contributed by atoms with E-state index in [2.05, 4.69) is 0 Å². The topological polar surface area (TPSA) is 29.3 Å². The van der Waals surface area contributed by atoms with Gasteiger partial charge in [0, 0.05) is 18.8 Å². The molecule has 24 heavy (non-hydrogen) atoms. The molecule has 0 bridgehead atoms. The summed E-state index contributed by atoms with van der Waals surface area (Å²) < 4.78 is 27.8. The molecule has 3 aromatic rings. The number of halogens is 2. The van der Waals surface area contributed by atoms with E-state index >= 15 is 0 Å². The number of rotatable bonds is 5. The van der Waals surface area contributed by atoms with Crippen LogP contribution in [0.3, 0.4) is 0 Å². The predicted molar refractivity (Wildman–Crippen MR) is 93.5 cm³/mol. The van der Waals surface area contributed by atoms with Crippen molar-refractivity contribution in [2.24, 2.45) is 0 Å². The van der Waals surface area contributed by atoms with E-state index in [0.717, 1.165) is 11.1 Å². The van der Waals surface area contributed by atoms with Crippen molar-refractivity contribution in [3.8, 4) is 0 Å².